The Hall–Kier alpha value is -1.67. The van der Waals surface area contributed by atoms with Crippen molar-refractivity contribution in [3.63, 3.8) is 0 Å². The minimum absolute atomic E-state index is 0.0403. The third-order valence-corrected chi connectivity index (χ3v) is 4.45. The molecule has 2 atom stereocenters. The molecule has 0 aliphatic carbocycles. The molecule has 1 aromatic rings. The summed E-state index contributed by atoms with van der Waals surface area (Å²) in [4.78, 5) is 13.8. The Morgan fingerprint density at radius 2 is 2.40 bits per heavy atom. The van der Waals surface area contributed by atoms with Gasteiger partial charge in [0.25, 0.3) is 0 Å². The van der Waals surface area contributed by atoms with E-state index < -0.39 is 5.72 Å². The van der Waals surface area contributed by atoms with Gasteiger partial charge in [-0.2, -0.15) is 0 Å². The Morgan fingerprint density at radius 1 is 1.65 bits per heavy atom. The fraction of sp³-hybridized carbons (Fsp3) is 0.400. The minimum atomic E-state index is -0.704. The predicted molar refractivity (Wildman–Crippen MR) is 79.3 cm³/mol. The van der Waals surface area contributed by atoms with Crippen LogP contribution in [0.5, 0.6) is 5.75 Å². The van der Waals surface area contributed by atoms with Crippen molar-refractivity contribution in [3.8, 4) is 18.1 Å². The number of aryl methyl sites for hydroxylation is 1. The first-order valence-electron chi connectivity index (χ1n) is 6.45. The summed E-state index contributed by atoms with van der Waals surface area (Å²) in [5.41, 5.74) is 1.44. The van der Waals surface area contributed by atoms with E-state index in [-0.39, 0.29) is 18.6 Å². The van der Waals surface area contributed by atoms with Crippen molar-refractivity contribution in [2.24, 2.45) is 0 Å². The van der Waals surface area contributed by atoms with Crippen LogP contribution in [0.3, 0.4) is 0 Å². The van der Waals surface area contributed by atoms with Crippen LogP contribution in [0, 0.1) is 19.3 Å². The van der Waals surface area contributed by atoms with Crippen LogP contribution in [0.25, 0.3) is 0 Å². The molecule has 104 valence electrons. The van der Waals surface area contributed by atoms with Crippen molar-refractivity contribution in [3.05, 3.63) is 27.7 Å². The maximum absolute atomic E-state index is 12.2. The lowest BCUT2D eigenvalue weighted by Crippen LogP contribution is -2.64. The van der Waals surface area contributed by atoms with Crippen LogP contribution < -0.4 is 10.1 Å². The Labute approximate surface area is 126 Å². The molecule has 20 heavy (non-hydrogen) atoms. The smallest absolute Gasteiger partial charge is 0.321 e. The van der Waals surface area contributed by atoms with Crippen LogP contribution in [0.1, 0.15) is 30.5 Å². The third-order valence-electron chi connectivity index (χ3n) is 3.86. The fourth-order valence-electron chi connectivity index (χ4n) is 2.94. The van der Waals surface area contributed by atoms with Gasteiger partial charge in [-0.15, -0.1) is 6.42 Å². The van der Waals surface area contributed by atoms with Crippen LogP contribution in [0.15, 0.2) is 16.6 Å². The highest BCUT2D eigenvalue weighted by atomic mass is 79.9. The predicted octanol–water partition coefficient (Wildman–Crippen LogP) is 2.96. The molecule has 0 saturated carbocycles. The number of fused-ring (bicyclic) bond motifs is 4. The van der Waals surface area contributed by atoms with Crippen LogP contribution in [0.4, 0.5) is 4.79 Å². The first kappa shape index (κ1) is 13.3. The van der Waals surface area contributed by atoms with Gasteiger partial charge in [-0.1, -0.05) is 12.0 Å². The van der Waals surface area contributed by atoms with E-state index in [1.807, 2.05) is 19.9 Å². The van der Waals surface area contributed by atoms with E-state index in [1.165, 1.54) is 0 Å². The van der Waals surface area contributed by atoms with E-state index in [0.717, 1.165) is 21.3 Å². The number of benzene rings is 1. The number of hydrogen-bond acceptors (Lipinski definition) is 2. The standard InChI is InChI=1S/C15H15BrN2O2/c1-4-5-18-14(19)17-12-8-15(18,3)20-13-10(12)6-9(2)7-11(13)16/h1,6-7,12H,5,8H2,2-3H3,(H,17,19). The molecule has 2 bridgehead atoms. The zero-order chi connectivity index (χ0) is 14.5. The van der Waals surface area contributed by atoms with Gasteiger partial charge in [0.05, 0.1) is 17.1 Å². The molecule has 2 unspecified atom stereocenters. The van der Waals surface area contributed by atoms with E-state index in [9.17, 15) is 4.79 Å². The quantitative estimate of drug-likeness (QED) is 0.802. The molecule has 2 aliphatic heterocycles. The summed E-state index contributed by atoms with van der Waals surface area (Å²) in [6, 6.07) is 3.85. The average Bonchev–Trinajstić information content (AvgIpc) is 2.36. The summed E-state index contributed by atoms with van der Waals surface area (Å²) >= 11 is 3.54. The number of terminal acetylenes is 1. The molecule has 3 rings (SSSR count). The van der Waals surface area contributed by atoms with E-state index >= 15 is 0 Å². The molecule has 1 fully saturated rings. The molecule has 5 heteroatoms. The number of amides is 2. The normalized spacial score (nSPS) is 27.2. The summed E-state index contributed by atoms with van der Waals surface area (Å²) < 4.78 is 7.04. The van der Waals surface area contributed by atoms with Crippen LogP contribution in [-0.4, -0.2) is 23.2 Å². The van der Waals surface area contributed by atoms with Gasteiger partial charge in [0, 0.05) is 12.0 Å². The molecule has 2 amide bonds. The molecule has 2 aliphatic rings. The Balaban J connectivity index is 2.11. The van der Waals surface area contributed by atoms with Crippen molar-refractivity contribution in [1.82, 2.24) is 10.2 Å². The molecule has 1 aromatic carbocycles. The van der Waals surface area contributed by atoms with Crippen LogP contribution in [0.2, 0.25) is 0 Å². The molecule has 2 heterocycles. The van der Waals surface area contributed by atoms with Gasteiger partial charge in [-0.3, -0.25) is 4.90 Å². The highest BCUT2D eigenvalue weighted by Gasteiger charge is 2.49. The number of nitrogens with zero attached hydrogens (tertiary/aromatic N) is 1. The number of ether oxygens (including phenoxy) is 1. The number of carbonyl (C=O) groups excluding carboxylic acids is 1. The number of rotatable bonds is 1. The summed E-state index contributed by atoms with van der Waals surface area (Å²) in [5, 5.41) is 3.01. The first-order valence-corrected chi connectivity index (χ1v) is 7.24. The van der Waals surface area contributed by atoms with E-state index in [1.54, 1.807) is 4.90 Å². The maximum atomic E-state index is 12.2. The molecule has 1 saturated heterocycles. The van der Waals surface area contributed by atoms with Crippen LogP contribution in [-0.2, 0) is 0 Å². The molecule has 1 N–H and O–H groups in total. The second-order valence-corrected chi connectivity index (χ2v) is 6.29. The molecule has 0 radical (unpaired) electrons. The van der Waals surface area contributed by atoms with Crippen molar-refractivity contribution in [2.75, 3.05) is 6.54 Å². The second kappa shape index (κ2) is 4.42. The molecular weight excluding hydrogens is 320 g/mol. The SMILES string of the molecule is C#CCN1C(=O)NC2CC1(C)Oc1c(Br)cc(C)cc12. The lowest BCUT2D eigenvalue weighted by Gasteiger charge is -2.50. The molecule has 4 nitrogen and oxygen atoms in total. The van der Waals surface area contributed by atoms with Gasteiger partial charge in [-0.25, -0.2) is 4.79 Å². The van der Waals surface area contributed by atoms with Gasteiger partial charge < -0.3 is 10.1 Å². The zero-order valence-corrected chi connectivity index (χ0v) is 13.0. The van der Waals surface area contributed by atoms with Gasteiger partial charge >= 0.3 is 6.03 Å². The summed E-state index contributed by atoms with van der Waals surface area (Å²) in [6.45, 7) is 4.16. The largest absolute Gasteiger partial charge is 0.466 e. The maximum Gasteiger partial charge on any atom is 0.321 e. The van der Waals surface area contributed by atoms with Crippen molar-refractivity contribution >= 4 is 22.0 Å². The van der Waals surface area contributed by atoms with E-state index in [0.29, 0.717) is 6.42 Å². The number of carbonyl (C=O) groups is 1. The Morgan fingerprint density at radius 3 is 3.10 bits per heavy atom. The lowest BCUT2D eigenvalue weighted by atomic mass is 9.89. The molecule has 0 aromatic heterocycles. The number of halogens is 1. The average molecular weight is 335 g/mol. The van der Waals surface area contributed by atoms with Crippen molar-refractivity contribution < 1.29 is 9.53 Å². The first-order chi connectivity index (χ1) is 9.44. The zero-order valence-electron chi connectivity index (χ0n) is 11.4. The third kappa shape index (κ3) is 1.87. The van der Waals surface area contributed by atoms with Gasteiger partial charge in [0.1, 0.15) is 5.75 Å². The topological polar surface area (TPSA) is 41.6 Å². The van der Waals surface area contributed by atoms with E-state index in [2.05, 4.69) is 33.2 Å². The Kier molecular flexibility index (Phi) is 2.94. The monoisotopic (exact) mass is 334 g/mol. The van der Waals surface area contributed by atoms with Gasteiger partial charge in [-0.05, 0) is 41.4 Å². The summed E-state index contributed by atoms with van der Waals surface area (Å²) in [7, 11) is 0. The molecular formula is C15H15BrN2O2. The van der Waals surface area contributed by atoms with Gasteiger partial charge in [0.15, 0.2) is 5.72 Å². The van der Waals surface area contributed by atoms with Crippen molar-refractivity contribution in [1.29, 1.82) is 0 Å². The van der Waals surface area contributed by atoms with E-state index in [4.69, 9.17) is 11.2 Å². The molecule has 0 spiro atoms. The minimum Gasteiger partial charge on any atom is -0.466 e. The number of hydrogen-bond donors (Lipinski definition) is 1. The number of nitrogens with one attached hydrogen (secondary N) is 1. The number of urea groups is 1. The van der Waals surface area contributed by atoms with Gasteiger partial charge in [0.2, 0.25) is 0 Å². The lowest BCUT2D eigenvalue weighted by molar-refractivity contribution is -0.0785. The summed E-state index contributed by atoms with van der Waals surface area (Å²) in [5.74, 6) is 3.31. The summed E-state index contributed by atoms with van der Waals surface area (Å²) in [6.07, 6.45) is 6.04. The second-order valence-electron chi connectivity index (χ2n) is 5.44. The highest BCUT2D eigenvalue weighted by Crippen LogP contribution is 2.47. The van der Waals surface area contributed by atoms with Crippen molar-refractivity contribution in [2.45, 2.75) is 32.0 Å². The fourth-order valence-corrected chi connectivity index (χ4v) is 3.61. The Bertz CT molecular complexity index is 637. The highest BCUT2D eigenvalue weighted by molar-refractivity contribution is 9.10. The van der Waals surface area contributed by atoms with Crippen LogP contribution >= 0.6 is 15.9 Å².